The number of likely N-dealkylation sites (N-methyl/N-ethyl adjacent to an activating group) is 1. The minimum Gasteiger partial charge on any atom is -0.492 e. The second-order valence-corrected chi connectivity index (χ2v) is 4.65. The third-order valence-corrected chi connectivity index (χ3v) is 3.22. The molecule has 1 saturated heterocycles. The largest absolute Gasteiger partial charge is 0.492 e. The summed E-state index contributed by atoms with van der Waals surface area (Å²) < 4.78 is 5.50. The number of piperazine rings is 1. The lowest BCUT2D eigenvalue weighted by Gasteiger charge is -2.32. The van der Waals surface area contributed by atoms with Crippen LogP contribution in [0.3, 0.4) is 0 Å². The molecule has 0 aliphatic carbocycles. The van der Waals surface area contributed by atoms with Gasteiger partial charge in [0.05, 0.1) is 12.3 Å². The summed E-state index contributed by atoms with van der Waals surface area (Å²) in [5, 5.41) is 2.92. The molecule has 1 aliphatic rings. The van der Waals surface area contributed by atoms with Gasteiger partial charge in [0.1, 0.15) is 5.75 Å². The van der Waals surface area contributed by atoms with Gasteiger partial charge in [0.25, 0.3) is 0 Å². The zero-order chi connectivity index (χ0) is 13.7. The van der Waals surface area contributed by atoms with Crippen molar-refractivity contribution in [1.82, 2.24) is 9.80 Å². The van der Waals surface area contributed by atoms with E-state index in [4.69, 9.17) is 4.74 Å². The standard InChI is InChI=1S/C14H21N3O2/c1-3-19-13-7-5-4-6-12(13)15-14(18)17-10-8-16(2)9-11-17/h4-7H,3,8-11H2,1-2H3,(H,15,18). The molecule has 1 fully saturated rings. The second-order valence-electron chi connectivity index (χ2n) is 4.65. The van der Waals surface area contributed by atoms with Crippen molar-refractivity contribution >= 4 is 11.7 Å². The summed E-state index contributed by atoms with van der Waals surface area (Å²) in [6.45, 7) is 5.87. The van der Waals surface area contributed by atoms with E-state index in [0.29, 0.717) is 12.4 Å². The van der Waals surface area contributed by atoms with Crippen molar-refractivity contribution in [3.8, 4) is 5.75 Å². The van der Waals surface area contributed by atoms with Gasteiger partial charge >= 0.3 is 6.03 Å². The molecule has 2 amide bonds. The Morgan fingerprint density at radius 3 is 2.63 bits per heavy atom. The summed E-state index contributed by atoms with van der Waals surface area (Å²) >= 11 is 0. The zero-order valence-corrected chi connectivity index (χ0v) is 11.6. The molecular formula is C14H21N3O2. The Balaban J connectivity index is 1.98. The van der Waals surface area contributed by atoms with Gasteiger partial charge in [-0.25, -0.2) is 4.79 Å². The number of amides is 2. The highest BCUT2D eigenvalue weighted by atomic mass is 16.5. The summed E-state index contributed by atoms with van der Waals surface area (Å²) in [6, 6.07) is 7.46. The Labute approximate surface area is 114 Å². The fourth-order valence-electron chi connectivity index (χ4n) is 2.06. The number of carbonyl (C=O) groups excluding carboxylic acids is 1. The van der Waals surface area contributed by atoms with Crippen molar-refractivity contribution in [2.24, 2.45) is 0 Å². The van der Waals surface area contributed by atoms with Crippen molar-refractivity contribution in [1.29, 1.82) is 0 Å². The van der Waals surface area contributed by atoms with E-state index in [0.717, 1.165) is 31.9 Å². The third kappa shape index (κ3) is 3.61. The predicted molar refractivity (Wildman–Crippen MR) is 75.7 cm³/mol. The molecule has 1 aliphatic heterocycles. The van der Waals surface area contributed by atoms with Crippen LogP contribution in [0.1, 0.15) is 6.92 Å². The molecule has 5 nitrogen and oxygen atoms in total. The predicted octanol–water partition coefficient (Wildman–Crippen LogP) is 1.86. The van der Waals surface area contributed by atoms with Gasteiger partial charge in [0.2, 0.25) is 0 Å². The van der Waals surface area contributed by atoms with Crippen molar-refractivity contribution in [3.05, 3.63) is 24.3 Å². The number of hydrogen-bond acceptors (Lipinski definition) is 3. The molecule has 104 valence electrons. The number of rotatable bonds is 3. The molecule has 0 bridgehead atoms. The Hall–Kier alpha value is -1.75. The van der Waals surface area contributed by atoms with Crippen LogP contribution in [-0.2, 0) is 0 Å². The van der Waals surface area contributed by atoms with Gasteiger partial charge < -0.3 is 19.9 Å². The molecule has 1 aromatic rings. The first-order valence-corrected chi connectivity index (χ1v) is 6.67. The van der Waals surface area contributed by atoms with Crippen LogP contribution in [0.2, 0.25) is 0 Å². The number of urea groups is 1. The van der Waals surface area contributed by atoms with Crippen LogP contribution in [0.5, 0.6) is 5.75 Å². The van der Waals surface area contributed by atoms with Gasteiger partial charge in [-0.3, -0.25) is 0 Å². The Bertz CT molecular complexity index is 428. The van der Waals surface area contributed by atoms with Crippen LogP contribution in [-0.4, -0.2) is 55.7 Å². The second kappa shape index (κ2) is 6.43. The molecule has 0 spiro atoms. The first-order chi connectivity index (χ1) is 9.20. The maximum atomic E-state index is 12.2. The van der Waals surface area contributed by atoms with Crippen LogP contribution < -0.4 is 10.1 Å². The monoisotopic (exact) mass is 263 g/mol. The lowest BCUT2D eigenvalue weighted by molar-refractivity contribution is 0.164. The molecule has 0 unspecified atom stereocenters. The molecule has 2 rings (SSSR count). The van der Waals surface area contributed by atoms with Gasteiger partial charge in [-0.1, -0.05) is 12.1 Å². The fourth-order valence-corrected chi connectivity index (χ4v) is 2.06. The lowest BCUT2D eigenvalue weighted by Crippen LogP contribution is -2.48. The Morgan fingerprint density at radius 2 is 1.95 bits per heavy atom. The number of carbonyl (C=O) groups is 1. The van der Waals surface area contributed by atoms with Crippen LogP contribution in [0.4, 0.5) is 10.5 Å². The fraction of sp³-hybridized carbons (Fsp3) is 0.500. The summed E-state index contributed by atoms with van der Waals surface area (Å²) in [6.07, 6.45) is 0. The number of benzene rings is 1. The molecule has 0 atom stereocenters. The van der Waals surface area contributed by atoms with Crippen LogP contribution in [0.25, 0.3) is 0 Å². The number of hydrogen-bond donors (Lipinski definition) is 1. The van der Waals surface area contributed by atoms with Gasteiger partial charge in [-0.05, 0) is 26.1 Å². The maximum absolute atomic E-state index is 12.2. The summed E-state index contributed by atoms with van der Waals surface area (Å²) in [7, 11) is 2.07. The summed E-state index contributed by atoms with van der Waals surface area (Å²) in [5.41, 5.74) is 0.730. The van der Waals surface area contributed by atoms with Crippen LogP contribution >= 0.6 is 0 Å². The van der Waals surface area contributed by atoms with E-state index in [1.807, 2.05) is 36.1 Å². The highest BCUT2D eigenvalue weighted by Gasteiger charge is 2.19. The molecule has 5 heteroatoms. The van der Waals surface area contributed by atoms with Crippen molar-refractivity contribution in [2.75, 3.05) is 45.2 Å². The third-order valence-electron chi connectivity index (χ3n) is 3.22. The quantitative estimate of drug-likeness (QED) is 0.905. The van der Waals surface area contributed by atoms with Crippen molar-refractivity contribution in [3.63, 3.8) is 0 Å². The van der Waals surface area contributed by atoms with Crippen LogP contribution in [0.15, 0.2) is 24.3 Å². The SMILES string of the molecule is CCOc1ccccc1NC(=O)N1CCN(C)CC1. The molecular weight excluding hydrogens is 242 g/mol. The number of para-hydroxylation sites is 2. The number of nitrogens with one attached hydrogen (secondary N) is 1. The first kappa shape index (κ1) is 13.7. The molecule has 0 aromatic heterocycles. The number of anilines is 1. The van der Waals surface area contributed by atoms with E-state index >= 15 is 0 Å². The zero-order valence-electron chi connectivity index (χ0n) is 11.6. The van der Waals surface area contributed by atoms with Gasteiger partial charge in [0, 0.05) is 26.2 Å². The van der Waals surface area contributed by atoms with E-state index in [2.05, 4.69) is 17.3 Å². The minimum atomic E-state index is -0.0553. The molecule has 19 heavy (non-hydrogen) atoms. The molecule has 0 radical (unpaired) electrons. The van der Waals surface area contributed by atoms with Gasteiger partial charge in [0.15, 0.2) is 0 Å². The summed E-state index contributed by atoms with van der Waals surface area (Å²) in [5.74, 6) is 0.715. The Morgan fingerprint density at radius 1 is 1.26 bits per heavy atom. The Kier molecular flexibility index (Phi) is 4.63. The lowest BCUT2D eigenvalue weighted by atomic mass is 10.3. The van der Waals surface area contributed by atoms with Gasteiger partial charge in [-0.2, -0.15) is 0 Å². The van der Waals surface area contributed by atoms with E-state index in [-0.39, 0.29) is 6.03 Å². The highest BCUT2D eigenvalue weighted by molar-refractivity contribution is 5.91. The van der Waals surface area contributed by atoms with Crippen LogP contribution in [0, 0.1) is 0 Å². The summed E-state index contributed by atoms with van der Waals surface area (Å²) in [4.78, 5) is 16.2. The smallest absolute Gasteiger partial charge is 0.322 e. The van der Waals surface area contributed by atoms with E-state index in [9.17, 15) is 4.79 Å². The topological polar surface area (TPSA) is 44.8 Å². The maximum Gasteiger partial charge on any atom is 0.322 e. The van der Waals surface area contributed by atoms with E-state index in [1.165, 1.54) is 0 Å². The van der Waals surface area contributed by atoms with Crippen molar-refractivity contribution in [2.45, 2.75) is 6.92 Å². The van der Waals surface area contributed by atoms with Crippen molar-refractivity contribution < 1.29 is 9.53 Å². The first-order valence-electron chi connectivity index (χ1n) is 6.67. The molecule has 1 heterocycles. The minimum absolute atomic E-state index is 0.0553. The average molecular weight is 263 g/mol. The normalized spacial score (nSPS) is 16.2. The number of ether oxygens (including phenoxy) is 1. The van der Waals surface area contributed by atoms with E-state index in [1.54, 1.807) is 0 Å². The van der Waals surface area contributed by atoms with Gasteiger partial charge in [-0.15, -0.1) is 0 Å². The molecule has 1 aromatic carbocycles. The highest BCUT2D eigenvalue weighted by Crippen LogP contribution is 2.24. The molecule has 1 N–H and O–H groups in total. The van der Waals surface area contributed by atoms with E-state index < -0.39 is 0 Å². The average Bonchev–Trinajstić information content (AvgIpc) is 2.42. The molecule has 0 saturated carbocycles. The number of nitrogens with zero attached hydrogens (tertiary/aromatic N) is 2.